The third kappa shape index (κ3) is 7.78. The fourth-order valence-electron chi connectivity index (χ4n) is 5.77. The first-order valence-electron chi connectivity index (χ1n) is 15.3. The van der Waals surface area contributed by atoms with Gasteiger partial charge in [0, 0.05) is 24.6 Å². The van der Waals surface area contributed by atoms with Gasteiger partial charge in [0.2, 0.25) is 0 Å². The number of aliphatic carboxylic acids is 1. The number of aliphatic hydroxyl groups is 1. The highest BCUT2D eigenvalue weighted by atomic mass is 32.2. The van der Waals surface area contributed by atoms with Gasteiger partial charge < -0.3 is 20.1 Å². The number of nitrogens with zero attached hydrogens (tertiary/aromatic N) is 2. The van der Waals surface area contributed by atoms with Crippen molar-refractivity contribution in [1.82, 2.24) is 19.6 Å². The first-order valence-corrected chi connectivity index (χ1v) is 18.0. The van der Waals surface area contributed by atoms with Crippen LogP contribution in [0.25, 0.3) is 11.1 Å². The minimum absolute atomic E-state index is 0.141. The van der Waals surface area contributed by atoms with E-state index in [0.29, 0.717) is 30.0 Å². The van der Waals surface area contributed by atoms with E-state index in [4.69, 9.17) is 0 Å². The molecule has 1 aromatic heterocycles. The van der Waals surface area contributed by atoms with E-state index in [0.717, 1.165) is 48.4 Å². The number of sulfonamides is 1. The van der Waals surface area contributed by atoms with E-state index < -0.39 is 39.5 Å². The maximum atomic E-state index is 14.2. The minimum atomic E-state index is -5.55. The van der Waals surface area contributed by atoms with Crippen LogP contribution in [-0.4, -0.2) is 59.2 Å². The van der Waals surface area contributed by atoms with Gasteiger partial charge in [-0.3, -0.25) is 0 Å². The van der Waals surface area contributed by atoms with Crippen LogP contribution in [0, 0.1) is 5.92 Å². The zero-order valence-corrected chi connectivity index (χ0v) is 27.9. The molecule has 256 valence electrons. The Hall–Kier alpha value is -3.56. The molecule has 47 heavy (non-hydrogen) atoms. The van der Waals surface area contributed by atoms with Crippen LogP contribution in [0.15, 0.2) is 58.5 Å². The number of alkyl halides is 3. The van der Waals surface area contributed by atoms with Crippen molar-refractivity contribution in [2.45, 2.75) is 86.5 Å². The molecular weight excluding hydrogens is 658 g/mol. The van der Waals surface area contributed by atoms with Crippen molar-refractivity contribution in [3.8, 4) is 11.1 Å². The predicted molar refractivity (Wildman–Crippen MR) is 172 cm³/mol. The van der Waals surface area contributed by atoms with Crippen LogP contribution in [-0.2, 0) is 27.0 Å². The molecule has 0 saturated heterocycles. The molecule has 3 aromatic rings. The van der Waals surface area contributed by atoms with Gasteiger partial charge >= 0.3 is 23.8 Å². The maximum absolute atomic E-state index is 14.2. The van der Waals surface area contributed by atoms with Gasteiger partial charge in [-0.15, -0.1) is 11.8 Å². The van der Waals surface area contributed by atoms with Crippen molar-refractivity contribution in [1.29, 1.82) is 0 Å². The van der Waals surface area contributed by atoms with Crippen LogP contribution in [0.1, 0.15) is 75.4 Å². The molecule has 0 radical (unpaired) electrons. The van der Waals surface area contributed by atoms with Crippen molar-refractivity contribution in [2.75, 3.05) is 12.8 Å². The summed E-state index contributed by atoms with van der Waals surface area (Å²) in [6, 6.07) is 11.6. The third-order valence-corrected chi connectivity index (χ3v) is 10.6. The van der Waals surface area contributed by atoms with E-state index in [-0.39, 0.29) is 33.8 Å². The lowest BCUT2D eigenvalue weighted by Crippen LogP contribution is -2.51. The van der Waals surface area contributed by atoms with Gasteiger partial charge in [0.15, 0.2) is 0 Å². The van der Waals surface area contributed by atoms with Crippen molar-refractivity contribution >= 4 is 33.8 Å². The SMILES string of the molecule is CCC(C)c1nc(SC)c(C(O)(C(=O)O)C(F)(F)F)n1Cc1ccc(-c2ccccc2S(=O)(=O)NC(=O)NCC2CCCCC2)cc1. The van der Waals surface area contributed by atoms with Crippen LogP contribution in [0.5, 0.6) is 0 Å². The van der Waals surface area contributed by atoms with E-state index in [1.807, 2.05) is 6.92 Å². The summed E-state index contributed by atoms with van der Waals surface area (Å²) in [5, 5.41) is 22.7. The topological polar surface area (TPSA) is 151 Å². The Balaban J connectivity index is 1.65. The number of carboxylic acids is 1. The number of amides is 2. The second-order valence-corrected chi connectivity index (χ2v) is 14.2. The van der Waals surface area contributed by atoms with Crippen LogP contribution in [0.3, 0.4) is 0 Å². The number of imidazole rings is 1. The van der Waals surface area contributed by atoms with E-state index in [2.05, 4.69) is 15.0 Å². The number of thioether (sulfide) groups is 1. The number of halogens is 3. The quantitative estimate of drug-likeness (QED) is 0.163. The lowest BCUT2D eigenvalue weighted by molar-refractivity contribution is -0.268. The second kappa shape index (κ2) is 14.7. The van der Waals surface area contributed by atoms with Gasteiger partial charge in [-0.05, 0) is 48.6 Å². The summed E-state index contributed by atoms with van der Waals surface area (Å²) in [6.07, 6.45) is 1.67. The molecule has 0 aliphatic heterocycles. The normalized spacial score (nSPS) is 16.3. The van der Waals surface area contributed by atoms with Gasteiger partial charge in [-0.2, -0.15) is 13.2 Å². The number of aromatic nitrogens is 2. The summed E-state index contributed by atoms with van der Waals surface area (Å²) < 4.78 is 72.3. The minimum Gasteiger partial charge on any atom is -0.479 e. The van der Waals surface area contributed by atoms with Gasteiger partial charge in [0.1, 0.15) is 16.5 Å². The number of carbonyl (C=O) groups is 2. The van der Waals surface area contributed by atoms with E-state index >= 15 is 0 Å². The van der Waals surface area contributed by atoms with Crippen LogP contribution in [0.2, 0.25) is 0 Å². The molecular formula is C32H39F3N4O6S2. The molecule has 1 fully saturated rings. The molecule has 4 N–H and O–H groups in total. The van der Waals surface area contributed by atoms with Crippen molar-refractivity contribution in [2.24, 2.45) is 5.92 Å². The summed E-state index contributed by atoms with van der Waals surface area (Å²) in [6.45, 7) is 3.68. The molecule has 10 nitrogen and oxygen atoms in total. The number of urea groups is 1. The van der Waals surface area contributed by atoms with Gasteiger partial charge in [-0.1, -0.05) is 75.6 Å². The summed E-state index contributed by atoms with van der Waals surface area (Å²) >= 11 is 0.800. The largest absolute Gasteiger partial charge is 0.479 e. The number of nitrogens with one attached hydrogen (secondary N) is 2. The summed E-state index contributed by atoms with van der Waals surface area (Å²) in [7, 11) is -4.28. The molecule has 1 aliphatic rings. The molecule has 1 heterocycles. The lowest BCUT2D eigenvalue weighted by Gasteiger charge is -2.28. The zero-order chi connectivity index (χ0) is 34.6. The Labute approximate surface area is 276 Å². The fraction of sp³-hybridized carbons (Fsp3) is 0.469. The molecule has 0 bridgehead atoms. The Bertz CT molecular complexity index is 1690. The average molecular weight is 697 g/mol. The standard InChI is InChI=1S/C32H39F3N4O6S2/c1-4-20(2)27-37-28(46-3)26(31(43,29(40)41)32(33,34)35)39(27)19-22-14-16-23(17-15-22)24-12-8-9-13-25(24)47(44,45)38-30(42)36-18-21-10-6-5-7-11-21/h8-9,12-17,20-21,43H,4-7,10-11,18-19H2,1-3H3,(H,40,41)(H2,36,38,42). The molecule has 0 spiro atoms. The van der Waals surface area contributed by atoms with Crippen LogP contribution < -0.4 is 10.0 Å². The summed E-state index contributed by atoms with van der Waals surface area (Å²) in [5.41, 5.74) is -3.91. The fourth-order valence-corrected chi connectivity index (χ4v) is 7.56. The number of benzene rings is 2. The predicted octanol–water partition coefficient (Wildman–Crippen LogP) is 6.24. The van der Waals surface area contributed by atoms with Crippen molar-refractivity contribution < 1.29 is 41.4 Å². The van der Waals surface area contributed by atoms with Gasteiger partial charge in [0.05, 0.1) is 4.90 Å². The number of hydrogen-bond acceptors (Lipinski definition) is 7. The first-order chi connectivity index (χ1) is 22.1. The summed E-state index contributed by atoms with van der Waals surface area (Å²) in [4.78, 5) is 28.7. The van der Waals surface area contributed by atoms with E-state index in [1.165, 1.54) is 18.4 Å². The van der Waals surface area contributed by atoms with Crippen LogP contribution in [0.4, 0.5) is 18.0 Å². The molecule has 1 aliphatic carbocycles. The molecule has 2 aromatic carbocycles. The Morgan fingerprint density at radius 1 is 1.09 bits per heavy atom. The highest BCUT2D eigenvalue weighted by Crippen LogP contribution is 2.44. The zero-order valence-electron chi connectivity index (χ0n) is 26.3. The van der Waals surface area contributed by atoms with E-state index in [9.17, 15) is 41.4 Å². The number of carbonyl (C=O) groups excluding carboxylic acids is 1. The summed E-state index contributed by atoms with van der Waals surface area (Å²) in [5.74, 6) is -2.35. The van der Waals surface area contributed by atoms with Gasteiger partial charge in [0.25, 0.3) is 10.0 Å². The van der Waals surface area contributed by atoms with Crippen LogP contribution >= 0.6 is 11.8 Å². The highest BCUT2D eigenvalue weighted by Gasteiger charge is 2.64. The molecule has 2 atom stereocenters. The average Bonchev–Trinajstić information content (AvgIpc) is 3.41. The van der Waals surface area contributed by atoms with Crippen molar-refractivity contribution in [3.05, 3.63) is 65.6 Å². The molecule has 15 heteroatoms. The monoisotopic (exact) mass is 696 g/mol. The molecule has 4 rings (SSSR count). The van der Waals surface area contributed by atoms with Crippen molar-refractivity contribution in [3.63, 3.8) is 0 Å². The molecule has 1 saturated carbocycles. The number of carboxylic acid groups (broad SMARTS) is 1. The highest BCUT2D eigenvalue weighted by molar-refractivity contribution is 7.98. The lowest BCUT2D eigenvalue weighted by atomic mass is 9.89. The number of rotatable bonds is 12. The van der Waals surface area contributed by atoms with Gasteiger partial charge in [-0.25, -0.2) is 27.7 Å². The third-order valence-electron chi connectivity index (χ3n) is 8.56. The maximum Gasteiger partial charge on any atom is 0.434 e. The Kier molecular flexibility index (Phi) is 11.3. The molecule has 2 unspecified atom stereocenters. The Morgan fingerprint density at radius 3 is 2.30 bits per heavy atom. The molecule has 2 amide bonds. The first kappa shape index (κ1) is 36.3. The number of hydrogen-bond donors (Lipinski definition) is 4. The smallest absolute Gasteiger partial charge is 0.434 e. The Morgan fingerprint density at radius 2 is 1.72 bits per heavy atom. The van der Waals surface area contributed by atoms with E-state index in [1.54, 1.807) is 43.3 Å². The second-order valence-electron chi connectivity index (χ2n) is 11.7.